The van der Waals surface area contributed by atoms with Crippen molar-refractivity contribution in [2.45, 2.75) is 13.5 Å². The van der Waals surface area contributed by atoms with Gasteiger partial charge >= 0.3 is 17.6 Å². The second-order valence-electron chi connectivity index (χ2n) is 7.81. The first-order valence-electron chi connectivity index (χ1n) is 11.5. The molecule has 8 heteroatoms. The lowest BCUT2D eigenvalue weighted by Gasteiger charge is -2.11. The Bertz CT molecular complexity index is 1500. The maximum atomic E-state index is 12.4. The average Bonchev–Trinajstić information content (AvgIpc) is 2.91. The van der Waals surface area contributed by atoms with Crippen LogP contribution in [0.1, 0.15) is 28.4 Å². The molecule has 0 radical (unpaired) electrons. The standard InChI is InChI=1S/C29H24O8/c1-3-34-28(31)23-16-21-11-12-22(17-25(21)37-29(23)32)36-27(30)14-10-19-9-13-24(26(15-19)33-2)35-18-20-7-5-4-6-8-20/h4-17H,3,18H2,1-2H3/b14-10+. The van der Waals surface area contributed by atoms with Gasteiger partial charge in [-0.2, -0.15) is 0 Å². The van der Waals surface area contributed by atoms with E-state index in [4.69, 9.17) is 23.4 Å². The van der Waals surface area contributed by atoms with Crippen LogP contribution in [0.4, 0.5) is 0 Å². The SMILES string of the molecule is CCOC(=O)c1cc2ccc(OC(=O)/C=C/c3ccc(OCc4ccccc4)c(OC)c3)cc2oc1=O. The zero-order valence-corrected chi connectivity index (χ0v) is 20.3. The van der Waals surface area contributed by atoms with E-state index in [1.165, 1.54) is 24.3 Å². The topological polar surface area (TPSA) is 101 Å². The number of esters is 2. The molecule has 4 rings (SSSR count). The van der Waals surface area contributed by atoms with E-state index in [2.05, 4.69) is 0 Å². The molecular weight excluding hydrogens is 476 g/mol. The van der Waals surface area contributed by atoms with E-state index in [1.807, 2.05) is 30.3 Å². The lowest BCUT2D eigenvalue weighted by Crippen LogP contribution is -2.16. The van der Waals surface area contributed by atoms with Crippen LogP contribution in [0, 0.1) is 0 Å². The molecule has 0 saturated carbocycles. The molecule has 0 atom stereocenters. The van der Waals surface area contributed by atoms with Crippen LogP contribution < -0.4 is 19.8 Å². The first-order valence-corrected chi connectivity index (χ1v) is 11.5. The van der Waals surface area contributed by atoms with Crippen molar-refractivity contribution in [3.8, 4) is 17.2 Å². The molecule has 0 N–H and O–H groups in total. The van der Waals surface area contributed by atoms with Crippen molar-refractivity contribution in [2.24, 2.45) is 0 Å². The molecule has 0 fully saturated rings. The summed E-state index contributed by atoms with van der Waals surface area (Å²) >= 11 is 0. The summed E-state index contributed by atoms with van der Waals surface area (Å²) in [7, 11) is 1.54. The molecule has 188 valence electrons. The summed E-state index contributed by atoms with van der Waals surface area (Å²) in [5, 5.41) is 0.486. The van der Waals surface area contributed by atoms with Gasteiger partial charge in [0.1, 0.15) is 23.5 Å². The van der Waals surface area contributed by atoms with Crippen molar-refractivity contribution >= 4 is 29.0 Å². The molecule has 0 spiro atoms. The van der Waals surface area contributed by atoms with E-state index in [-0.39, 0.29) is 23.5 Å². The molecule has 4 aromatic rings. The van der Waals surface area contributed by atoms with Crippen molar-refractivity contribution in [1.29, 1.82) is 0 Å². The lowest BCUT2D eigenvalue weighted by molar-refractivity contribution is -0.128. The van der Waals surface area contributed by atoms with Gasteiger partial charge in [-0.25, -0.2) is 14.4 Å². The molecule has 0 unspecified atom stereocenters. The molecule has 1 heterocycles. The highest BCUT2D eigenvalue weighted by Crippen LogP contribution is 2.29. The molecule has 0 amide bonds. The highest BCUT2D eigenvalue weighted by Gasteiger charge is 2.15. The van der Waals surface area contributed by atoms with Crippen LogP contribution in [-0.4, -0.2) is 25.7 Å². The number of carbonyl (C=O) groups is 2. The van der Waals surface area contributed by atoms with Crippen molar-refractivity contribution in [1.82, 2.24) is 0 Å². The lowest BCUT2D eigenvalue weighted by atomic mass is 10.2. The van der Waals surface area contributed by atoms with Crippen LogP contribution >= 0.6 is 0 Å². The maximum absolute atomic E-state index is 12.4. The molecule has 1 aromatic heterocycles. The molecule has 8 nitrogen and oxygen atoms in total. The quantitative estimate of drug-likeness (QED) is 0.134. The van der Waals surface area contributed by atoms with Crippen LogP contribution in [0.15, 0.2) is 88.1 Å². The van der Waals surface area contributed by atoms with E-state index in [1.54, 1.807) is 44.4 Å². The molecule has 0 aliphatic heterocycles. The first-order chi connectivity index (χ1) is 18.0. The molecule has 3 aromatic carbocycles. The average molecular weight is 501 g/mol. The zero-order chi connectivity index (χ0) is 26.2. The number of carbonyl (C=O) groups excluding carboxylic acids is 2. The fourth-order valence-electron chi connectivity index (χ4n) is 3.46. The van der Waals surface area contributed by atoms with E-state index in [0.29, 0.717) is 29.1 Å². The minimum atomic E-state index is -0.834. The summed E-state index contributed by atoms with van der Waals surface area (Å²) in [5.41, 5.74) is 0.872. The Labute approximate surface area is 212 Å². The van der Waals surface area contributed by atoms with Gasteiger partial charge in [-0.05, 0) is 54.5 Å². The highest BCUT2D eigenvalue weighted by atomic mass is 16.5. The highest BCUT2D eigenvalue weighted by molar-refractivity contribution is 5.93. The summed E-state index contributed by atoms with van der Waals surface area (Å²) in [6, 6.07) is 21.0. The van der Waals surface area contributed by atoms with Crippen LogP contribution in [0.5, 0.6) is 17.2 Å². The number of methoxy groups -OCH3 is 1. The Hall–Kier alpha value is -4.85. The number of fused-ring (bicyclic) bond motifs is 1. The number of ether oxygens (including phenoxy) is 4. The Kier molecular flexibility index (Phi) is 8.00. The predicted molar refractivity (Wildman–Crippen MR) is 137 cm³/mol. The Balaban J connectivity index is 1.42. The number of hydrogen-bond acceptors (Lipinski definition) is 8. The Morgan fingerprint density at radius 1 is 0.946 bits per heavy atom. The van der Waals surface area contributed by atoms with Crippen LogP contribution in [0.2, 0.25) is 0 Å². The minimum absolute atomic E-state index is 0.137. The molecule has 0 saturated heterocycles. The number of rotatable bonds is 9. The third kappa shape index (κ3) is 6.43. The van der Waals surface area contributed by atoms with Gasteiger partial charge < -0.3 is 23.4 Å². The summed E-state index contributed by atoms with van der Waals surface area (Å²) in [6.45, 7) is 2.18. The van der Waals surface area contributed by atoms with Gasteiger partial charge in [-0.1, -0.05) is 36.4 Å². The van der Waals surface area contributed by atoms with E-state index < -0.39 is 17.6 Å². The molecule has 0 bridgehead atoms. The number of benzene rings is 3. The maximum Gasteiger partial charge on any atom is 0.351 e. The summed E-state index contributed by atoms with van der Waals surface area (Å²) in [6.07, 6.45) is 2.85. The van der Waals surface area contributed by atoms with Crippen molar-refractivity contribution in [3.63, 3.8) is 0 Å². The molecule has 37 heavy (non-hydrogen) atoms. The van der Waals surface area contributed by atoms with Crippen molar-refractivity contribution in [3.05, 3.63) is 106 Å². The molecular formula is C29H24O8. The predicted octanol–water partition coefficient (Wildman–Crippen LogP) is 5.18. The van der Waals surface area contributed by atoms with Crippen LogP contribution in [-0.2, 0) is 16.1 Å². The van der Waals surface area contributed by atoms with Gasteiger partial charge in [-0.3, -0.25) is 0 Å². The summed E-state index contributed by atoms with van der Waals surface area (Å²) < 4.78 is 26.7. The third-order valence-corrected chi connectivity index (χ3v) is 5.26. The normalized spacial score (nSPS) is 10.9. The van der Waals surface area contributed by atoms with Gasteiger partial charge in [0.15, 0.2) is 11.5 Å². The third-order valence-electron chi connectivity index (χ3n) is 5.26. The van der Waals surface area contributed by atoms with Crippen LogP contribution in [0.25, 0.3) is 17.0 Å². The zero-order valence-electron chi connectivity index (χ0n) is 20.3. The van der Waals surface area contributed by atoms with Gasteiger partial charge in [0.2, 0.25) is 0 Å². The summed E-state index contributed by atoms with van der Waals surface area (Å²) in [4.78, 5) is 36.4. The fourth-order valence-corrected chi connectivity index (χ4v) is 3.46. The van der Waals surface area contributed by atoms with Crippen LogP contribution in [0.3, 0.4) is 0 Å². The monoisotopic (exact) mass is 500 g/mol. The molecule has 0 aliphatic rings. The second-order valence-corrected chi connectivity index (χ2v) is 7.81. The van der Waals surface area contributed by atoms with Gasteiger partial charge in [0.05, 0.1) is 13.7 Å². The smallest absolute Gasteiger partial charge is 0.351 e. The van der Waals surface area contributed by atoms with Gasteiger partial charge in [0.25, 0.3) is 0 Å². The van der Waals surface area contributed by atoms with E-state index in [0.717, 1.165) is 5.56 Å². The fraction of sp³-hybridized carbons (Fsp3) is 0.138. The largest absolute Gasteiger partial charge is 0.493 e. The van der Waals surface area contributed by atoms with Crippen molar-refractivity contribution in [2.75, 3.05) is 13.7 Å². The first kappa shape index (κ1) is 25.2. The van der Waals surface area contributed by atoms with Gasteiger partial charge in [0, 0.05) is 17.5 Å². The van der Waals surface area contributed by atoms with Crippen molar-refractivity contribution < 1.29 is 33.0 Å². The molecule has 0 aliphatic carbocycles. The van der Waals surface area contributed by atoms with E-state index in [9.17, 15) is 14.4 Å². The van der Waals surface area contributed by atoms with E-state index >= 15 is 0 Å². The minimum Gasteiger partial charge on any atom is -0.493 e. The summed E-state index contributed by atoms with van der Waals surface area (Å²) in [5.74, 6) is -0.108. The number of hydrogen-bond donors (Lipinski definition) is 0. The second kappa shape index (κ2) is 11.7. The Morgan fingerprint density at radius 3 is 2.51 bits per heavy atom. The van der Waals surface area contributed by atoms with Gasteiger partial charge in [-0.15, -0.1) is 0 Å². The Morgan fingerprint density at radius 2 is 1.76 bits per heavy atom.